The topological polar surface area (TPSA) is 26.3 Å². The predicted octanol–water partition coefficient (Wildman–Crippen LogP) is 3.50. The highest BCUT2D eigenvalue weighted by atomic mass is 16.5. The first kappa shape index (κ1) is 14.5. The van der Waals surface area contributed by atoms with Crippen molar-refractivity contribution >= 4 is 5.97 Å². The van der Waals surface area contributed by atoms with Crippen molar-refractivity contribution < 1.29 is 9.53 Å². The fourth-order valence-electron chi connectivity index (χ4n) is 1.75. The minimum Gasteiger partial charge on any atom is -0.465 e. The van der Waals surface area contributed by atoms with E-state index in [0.29, 0.717) is 36.7 Å². The Balaban J connectivity index is 4.01. The summed E-state index contributed by atoms with van der Waals surface area (Å²) in [4.78, 5) is 11.5. The molecule has 0 aromatic carbocycles. The molecule has 0 saturated carbocycles. The molecule has 0 N–H and O–H groups in total. The van der Waals surface area contributed by atoms with Gasteiger partial charge in [0, 0.05) is 6.42 Å². The predicted molar refractivity (Wildman–Crippen MR) is 63.6 cm³/mol. The molecule has 0 aromatic heterocycles. The number of ether oxygens (including phenoxy) is 1. The van der Waals surface area contributed by atoms with E-state index >= 15 is 0 Å². The SMILES string of the molecule is CC(C)COC(=O)CC(C(C)C)C(C)C. The Morgan fingerprint density at radius 3 is 1.80 bits per heavy atom. The molecular weight excluding hydrogens is 188 g/mol. The van der Waals surface area contributed by atoms with E-state index in [0.717, 1.165) is 0 Å². The number of carbonyl (C=O) groups is 1. The third-order valence-corrected chi connectivity index (χ3v) is 2.69. The molecule has 0 saturated heterocycles. The molecule has 0 aliphatic rings. The summed E-state index contributed by atoms with van der Waals surface area (Å²) in [6.45, 7) is 13.3. The van der Waals surface area contributed by atoms with Crippen LogP contribution in [0.25, 0.3) is 0 Å². The molecule has 0 amide bonds. The van der Waals surface area contributed by atoms with Crippen LogP contribution in [-0.4, -0.2) is 12.6 Å². The summed E-state index contributed by atoms with van der Waals surface area (Å²) < 4.78 is 5.20. The van der Waals surface area contributed by atoms with Gasteiger partial charge in [-0.1, -0.05) is 41.5 Å². The highest BCUT2D eigenvalue weighted by molar-refractivity contribution is 5.69. The van der Waals surface area contributed by atoms with Gasteiger partial charge in [-0.2, -0.15) is 0 Å². The maximum absolute atomic E-state index is 11.5. The average molecular weight is 214 g/mol. The van der Waals surface area contributed by atoms with Crippen molar-refractivity contribution in [2.45, 2.75) is 48.0 Å². The Morgan fingerprint density at radius 2 is 1.47 bits per heavy atom. The zero-order valence-electron chi connectivity index (χ0n) is 11.0. The largest absolute Gasteiger partial charge is 0.465 e. The Morgan fingerprint density at radius 1 is 1.00 bits per heavy atom. The van der Waals surface area contributed by atoms with Crippen LogP contribution in [0.4, 0.5) is 0 Å². The van der Waals surface area contributed by atoms with Gasteiger partial charge < -0.3 is 4.74 Å². The maximum atomic E-state index is 11.5. The molecule has 0 heterocycles. The molecule has 90 valence electrons. The molecule has 0 aliphatic carbocycles. The molecule has 2 nitrogen and oxygen atoms in total. The Hall–Kier alpha value is -0.530. The lowest BCUT2D eigenvalue weighted by Gasteiger charge is -2.23. The van der Waals surface area contributed by atoms with E-state index in [1.54, 1.807) is 0 Å². The van der Waals surface area contributed by atoms with Gasteiger partial charge in [0.15, 0.2) is 0 Å². The third-order valence-electron chi connectivity index (χ3n) is 2.69. The summed E-state index contributed by atoms with van der Waals surface area (Å²) in [5.41, 5.74) is 0. The first-order valence-corrected chi connectivity index (χ1v) is 6.00. The third kappa shape index (κ3) is 6.53. The summed E-state index contributed by atoms with van der Waals surface area (Å²) in [5.74, 6) is 1.89. The standard InChI is InChI=1S/C13H26O2/c1-9(2)8-15-13(14)7-12(10(3)4)11(5)6/h9-12H,7-8H2,1-6H3. The van der Waals surface area contributed by atoms with Gasteiger partial charge in [0.1, 0.15) is 0 Å². The molecule has 0 aromatic rings. The first-order valence-electron chi connectivity index (χ1n) is 6.00. The molecule has 0 fully saturated rings. The fraction of sp³-hybridized carbons (Fsp3) is 0.923. The van der Waals surface area contributed by atoms with Gasteiger partial charge in [-0.05, 0) is 23.7 Å². The lowest BCUT2D eigenvalue weighted by molar-refractivity contribution is -0.146. The molecule has 2 heteroatoms. The lowest BCUT2D eigenvalue weighted by atomic mass is 9.83. The van der Waals surface area contributed by atoms with Crippen LogP contribution in [0.5, 0.6) is 0 Å². The van der Waals surface area contributed by atoms with E-state index in [9.17, 15) is 4.79 Å². The van der Waals surface area contributed by atoms with Gasteiger partial charge in [-0.25, -0.2) is 0 Å². The van der Waals surface area contributed by atoms with Gasteiger partial charge in [0.2, 0.25) is 0 Å². The summed E-state index contributed by atoms with van der Waals surface area (Å²) in [5, 5.41) is 0. The van der Waals surface area contributed by atoms with Crippen LogP contribution in [0, 0.1) is 23.7 Å². The van der Waals surface area contributed by atoms with Crippen LogP contribution in [0.15, 0.2) is 0 Å². The van der Waals surface area contributed by atoms with Crippen LogP contribution in [0.3, 0.4) is 0 Å². The van der Waals surface area contributed by atoms with Gasteiger partial charge in [0.05, 0.1) is 6.61 Å². The number of rotatable bonds is 6. The molecule has 0 aliphatic heterocycles. The van der Waals surface area contributed by atoms with Gasteiger partial charge >= 0.3 is 5.97 Å². The normalized spacial score (nSPS) is 11.9. The van der Waals surface area contributed by atoms with E-state index in [-0.39, 0.29) is 5.97 Å². The zero-order valence-corrected chi connectivity index (χ0v) is 11.0. The quantitative estimate of drug-likeness (QED) is 0.632. The molecule has 0 bridgehead atoms. The van der Waals surface area contributed by atoms with Gasteiger partial charge in [0.25, 0.3) is 0 Å². The van der Waals surface area contributed by atoms with E-state index < -0.39 is 0 Å². The van der Waals surface area contributed by atoms with Crippen LogP contribution >= 0.6 is 0 Å². The van der Waals surface area contributed by atoms with Crippen molar-refractivity contribution in [2.75, 3.05) is 6.61 Å². The molecule has 0 atom stereocenters. The second-order valence-corrected chi connectivity index (χ2v) is 5.43. The second kappa shape index (κ2) is 6.86. The minimum atomic E-state index is -0.0453. The zero-order chi connectivity index (χ0) is 12.0. The minimum absolute atomic E-state index is 0.0453. The number of hydrogen-bond donors (Lipinski definition) is 0. The van der Waals surface area contributed by atoms with E-state index in [1.165, 1.54) is 0 Å². The first-order chi connectivity index (χ1) is 6.84. The highest BCUT2D eigenvalue weighted by Crippen LogP contribution is 2.24. The maximum Gasteiger partial charge on any atom is 0.306 e. The average Bonchev–Trinajstić information content (AvgIpc) is 2.09. The Labute approximate surface area is 94.4 Å². The van der Waals surface area contributed by atoms with Crippen molar-refractivity contribution in [3.05, 3.63) is 0 Å². The Kier molecular flexibility index (Phi) is 6.62. The van der Waals surface area contributed by atoms with Crippen molar-refractivity contribution in [3.63, 3.8) is 0 Å². The van der Waals surface area contributed by atoms with Crippen molar-refractivity contribution in [1.29, 1.82) is 0 Å². The van der Waals surface area contributed by atoms with Gasteiger partial charge in [-0.3, -0.25) is 4.79 Å². The second-order valence-electron chi connectivity index (χ2n) is 5.43. The number of esters is 1. The number of carbonyl (C=O) groups excluding carboxylic acids is 1. The Bertz CT molecular complexity index is 175. The molecule has 0 spiro atoms. The van der Waals surface area contributed by atoms with Crippen LogP contribution in [-0.2, 0) is 9.53 Å². The molecule has 0 radical (unpaired) electrons. The van der Waals surface area contributed by atoms with E-state index in [1.807, 2.05) is 0 Å². The highest BCUT2D eigenvalue weighted by Gasteiger charge is 2.21. The van der Waals surface area contributed by atoms with E-state index in [4.69, 9.17) is 4.74 Å². The van der Waals surface area contributed by atoms with Crippen molar-refractivity contribution in [1.82, 2.24) is 0 Å². The molecule has 0 rings (SSSR count). The van der Waals surface area contributed by atoms with Crippen molar-refractivity contribution in [2.24, 2.45) is 23.7 Å². The van der Waals surface area contributed by atoms with Crippen LogP contribution < -0.4 is 0 Å². The van der Waals surface area contributed by atoms with Crippen LogP contribution in [0.1, 0.15) is 48.0 Å². The summed E-state index contributed by atoms with van der Waals surface area (Å²) in [6.07, 6.45) is 0.558. The fourth-order valence-corrected chi connectivity index (χ4v) is 1.75. The lowest BCUT2D eigenvalue weighted by Crippen LogP contribution is -2.22. The molecule has 0 unspecified atom stereocenters. The number of hydrogen-bond acceptors (Lipinski definition) is 2. The smallest absolute Gasteiger partial charge is 0.306 e. The molecule has 15 heavy (non-hydrogen) atoms. The summed E-state index contributed by atoms with van der Waals surface area (Å²) in [7, 11) is 0. The van der Waals surface area contributed by atoms with Crippen LogP contribution in [0.2, 0.25) is 0 Å². The van der Waals surface area contributed by atoms with E-state index in [2.05, 4.69) is 41.5 Å². The van der Waals surface area contributed by atoms with Crippen molar-refractivity contribution in [3.8, 4) is 0 Å². The monoisotopic (exact) mass is 214 g/mol. The van der Waals surface area contributed by atoms with Gasteiger partial charge in [-0.15, -0.1) is 0 Å². The summed E-state index contributed by atoms with van der Waals surface area (Å²) in [6, 6.07) is 0. The molecular formula is C13H26O2. The summed E-state index contributed by atoms with van der Waals surface area (Å²) >= 11 is 0.